The molecule has 25 heavy (non-hydrogen) atoms. The van der Waals surface area contributed by atoms with Crippen LogP contribution in [0.2, 0.25) is 0 Å². The first-order valence-electron chi connectivity index (χ1n) is 8.55. The summed E-state index contributed by atoms with van der Waals surface area (Å²) in [5, 5.41) is 5.50. The van der Waals surface area contributed by atoms with Crippen LogP contribution in [-0.4, -0.2) is 59.4 Å². The zero-order chi connectivity index (χ0) is 18.2. The van der Waals surface area contributed by atoms with E-state index in [2.05, 4.69) is 15.5 Å². The monoisotopic (exact) mass is 344 g/mol. The van der Waals surface area contributed by atoms with Crippen LogP contribution in [0.15, 0.2) is 24.3 Å². The number of imide groups is 1. The summed E-state index contributed by atoms with van der Waals surface area (Å²) in [5.41, 5.74) is 0.903. The van der Waals surface area contributed by atoms with Crippen LogP contribution in [0.5, 0.6) is 0 Å². The molecule has 3 rings (SSSR count). The molecule has 134 valence electrons. The maximum absolute atomic E-state index is 12.7. The zero-order valence-corrected chi connectivity index (χ0v) is 14.8. The van der Waals surface area contributed by atoms with E-state index in [1.54, 1.807) is 19.2 Å². The van der Waals surface area contributed by atoms with Crippen molar-refractivity contribution in [2.75, 3.05) is 20.1 Å². The topological polar surface area (TPSA) is 81.8 Å². The van der Waals surface area contributed by atoms with E-state index in [0.29, 0.717) is 25.1 Å². The van der Waals surface area contributed by atoms with Gasteiger partial charge in [0.25, 0.3) is 11.8 Å². The van der Waals surface area contributed by atoms with Gasteiger partial charge in [0.2, 0.25) is 0 Å². The van der Waals surface area contributed by atoms with Crippen LogP contribution >= 0.6 is 0 Å². The number of hydrogen-bond donors (Lipinski definition) is 2. The van der Waals surface area contributed by atoms with E-state index in [1.165, 1.54) is 4.90 Å². The summed E-state index contributed by atoms with van der Waals surface area (Å²) in [7, 11) is 1.60. The van der Waals surface area contributed by atoms with Crippen LogP contribution in [0, 0.1) is 0 Å². The number of amides is 4. The predicted octanol–water partition coefficient (Wildman–Crippen LogP) is 0.951. The first-order chi connectivity index (χ1) is 11.9. The third kappa shape index (κ3) is 3.11. The lowest BCUT2D eigenvalue weighted by atomic mass is 9.98. The molecule has 0 bridgehead atoms. The van der Waals surface area contributed by atoms with E-state index in [1.807, 2.05) is 26.0 Å². The highest BCUT2D eigenvalue weighted by Gasteiger charge is 2.55. The van der Waals surface area contributed by atoms with Crippen molar-refractivity contribution >= 4 is 17.8 Å². The van der Waals surface area contributed by atoms with Gasteiger partial charge in [-0.05, 0) is 38.0 Å². The molecule has 1 atom stereocenters. The minimum absolute atomic E-state index is 0.111. The molecule has 0 aromatic heterocycles. The van der Waals surface area contributed by atoms with Gasteiger partial charge in [0, 0.05) is 38.3 Å². The lowest BCUT2D eigenvalue weighted by molar-refractivity contribution is -0.132. The fraction of sp³-hybridized carbons (Fsp3) is 0.500. The average molecular weight is 344 g/mol. The summed E-state index contributed by atoms with van der Waals surface area (Å²) in [6.45, 7) is 5.63. The van der Waals surface area contributed by atoms with Gasteiger partial charge in [0.05, 0.1) is 0 Å². The highest BCUT2D eigenvalue weighted by molar-refractivity contribution is 6.07. The number of carbonyl (C=O) groups is 3. The number of urea groups is 1. The lowest BCUT2D eigenvalue weighted by Gasteiger charge is -2.23. The minimum Gasteiger partial charge on any atom is -0.355 e. The summed E-state index contributed by atoms with van der Waals surface area (Å²) in [5.74, 6) is -0.232. The fourth-order valence-electron chi connectivity index (χ4n) is 3.57. The maximum Gasteiger partial charge on any atom is 0.325 e. The number of rotatable bonds is 4. The summed E-state index contributed by atoms with van der Waals surface area (Å²) in [6, 6.07) is 7.00. The molecule has 2 N–H and O–H groups in total. The molecule has 7 heteroatoms. The Balaban J connectivity index is 1.67. The molecule has 2 heterocycles. The lowest BCUT2D eigenvalue weighted by Crippen LogP contribution is -2.49. The second-order valence-corrected chi connectivity index (χ2v) is 7.02. The van der Waals surface area contributed by atoms with Crippen molar-refractivity contribution in [3.63, 3.8) is 0 Å². The zero-order valence-electron chi connectivity index (χ0n) is 14.8. The highest BCUT2D eigenvalue weighted by Crippen LogP contribution is 2.30. The van der Waals surface area contributed by atoms with Crippen molar-refractivity contribution in [1.82, 2.24) is 20.4 Å². The Morgan fingerprint density at radius 1 is 1.28 bits per heavy atom. The summed E-state index contributed by atoms with van der Waals surface area (Å²) in [4.78, 5) is 39.9. The van der Waals surface area contributed by atoms with E-state index < -0.39 is 5.54 Å². The van der Waals surface area contributed by atoms with Crippen molar-refractivity contribution < 1.29 is 14.4 Å². The molecule has 4 amide bonds. The molecule has 1 aromatic carbocycles. The Morgan fingerprint density at radius 3 is 2.52 bits per heavy atom. The molecule has 2 aliphatic rings. The fourth-order valence-corrected chi connectivity index (χ4v) is 3.57. The van der Waals surface area contributed by atoms with Gasteiger partial charge >= 0.3 is 6.03 Å². The third-order valence-electron chi connectivity index (χ3n) is 4.91. The Hall–Kier alpha value is -2.41. The molecular formula is C18H24N4O3. The molecule has 0 unspecified atom stereocenters. The quantitative estimate of drug-likeness (QED) is 0.797. The van der Waals surface area contributed by atoms with Crippen LogP contribution in [0.3, 0.4) is 0 Å². The third-order valence-corrected chi connectivity index (χ3v) is 4.91. The van der Waals surface area contributed by atoms with E-state index in [4.69, 9.17) is 0 Å². The Bertz CT molecular complexity index is 701. The van der Waals surface area contributed by atoms with E-state index in [0.717, 1.165) is 12.1 Å². The van der Waals surface area contributed by atoms with E-state index >= 15 is 0 Å². The van der Waals surface area contributed by atoms with E-state index in [-0.39, 0.29) is 23.9 Å². The average Bonchev–Trinajstić information content (AvgIpc) is 3.08. The van der Waals surface area contributed by atoms with Crippen molar-refractivity contribution in [3.8, 4) is 0 Å². The van der Waals surface area contributed by atoms with Gasteiger partial charge in [0.15, 0.2) is 0 Å². The highest BCUT2D eigenvalue weighted by atomic mass is 16.2. The molecule has 0 radical (unpaired) electrons. The number of likely N-dealkylation sites (tertiary alicyclic amines) is 1. The van der Waals surface area contributed by atoms with Crippen molar-refractivity contribution in [2.24, 2.45) is 0 Å². The normalized spacial score (nSPS) is 23.6. The molecule has 1 spiro atoms. The maximum atomic E-state index is 12.7. The number of benzene rings is 1. The van der Waals surface area contributed by atoms with Gasteiger partial charge in [0.1, 0.15) is 5.54 Å². The largest absolute Gasteiger partial charge is 0.355 e. The number of nitrogens with zero attached hydrogens (tertiary/aromatic N) is 2. The molecule has 1 aromatic rings. The Morgan fingerprint density at radius 2 is 1.96 bits per heavy atom. The molecule has 0 aliphatic carbocycles. The second kappa shape index (κ2) is 6.48. The molecule has 2 saturated heterocycles. The standard InChI is InChI=1S/C18H24N4O3/c1-12(2)22-16(24)18(20-17(22)25)8-9-21(11-18)10-13-4-6-14(7-5-13)15(23)19-3/h4-7,12H,8-11H2,1-3H3,(H,19,23)(H,20,25)/t18-/m1/s1. The van der Waals surface area contributed by atoms with Gasteiger partial charge in [-0.15, -0.1) is 0 Å². The van der Waals surface area contributed by atoms with E-state index in [9.17, 15) is 14.4 Å². The predicted molar refractivity (Wildman–Crippen MR) is 93.0 cm³/mol. The van der Waals surface area contributed by atoms with Crippen molar-refractivity contribution in [3.05, 3.63) is 35.4 Å². The molecule has 7 nitrogen and oxygen atoms in total. The first kappa shape index (κ1) is 17.4. The number of carbonyl (C=O) groups excluding carboxylic acids is 3. The number of hydrogen-bond acceptors (Lipinski definition) is 4. The summed E-state index contributed by atoms with van der Waals surface area (Å²) < 4.78 is 0. The van der Waals surface area contributed by atoms with Crippen LogP contribution in [0.1, 0.15) is 36.2 Å². The molecule has 2 fully saturated rings. The van der Waals surface area contributed by atoms with Crippen LogP contribution in [0.25, 0.3) is 0 Å². The van der Waals surface area contributed by atoms with Gasteiger partial charge in [-0.25, -0.2) is 4.79 Å². The summed E-state index contributed by atoms with van der Waals surface area (Å²) in [6.07, 6.45) is 0.622. The second-order valence-electron chi connectivity index (χ2n) is 7.02. The van der Waals surface area contributed by atoms with Crippen molar-refractivity contribution in [2.45, 2.75) is 38.4 Å². The number of nitrogens with one attached hydrogen (secondary N) is 2. The SMILES string of the molecule is CNC(=O)c1ccc(CN2CC[C@]3(C2)NC(=O)N(C(C)C)C3=O)cc1. The Labute approximate surface area is 147 Å². The van der Waals surface area contributed by atoms with Gasteiger partial charge < -0.3 is 10.6 Å². The van der Waals surface area contributed by atoms with Crippen LogP contribution in [-0.2, 0) is 11.3 Å². The van der Waals surface area contributed by atoms with Gasteiger partial charge in [-0.1, -0.05) is 12.1 Å². The smallest absolute Gasteiger partial charge is 0.325 e. The van der Waals surface area contributed by atoms with Crippen LogP contribution < -0.4 is 10.6 Å². The summed E-state index contributed by atoms with van der Waals surface area (Å²) >= 11 is 0. The molecular weight excluding hydrogens is 320 g/mol. The minimum atomic E-state index is -0.788. The van der Waals surface area contributed by atoms with Crippen molar-refractivity contribution in [1.29, 1.82) is 0 Å². The Kier molecular flexibility index (Phi) is 4.51. The van der Waals surface area contributed by atoms with Gasteiger partial charge in [-0.2, -0.15) is 0 Å². The first-order valence-corrected chi connectivity index (χ1v) is 8.55. The molecule has 2 aliphatic heterocycles. The van der Waals surface area contributed by atoms with Crippen LogP contribution in [0.4, 0.5) is 4.79 Å². The van der Waals surface area contributed by atoms with Gasteiger partial charge in [-0.3, -0.25) is 19.4 Å². The molecule has 0 saturated carbocycles.